The van der Waals surface area contributed by atoms with Crippen molar-refractivity contribution in [1.29, 1.82) is 0 Å². The summed E-state index contributed by atoms with van der Waals surface area (Å²) in [6.45, 7) is 6.54. The smallest absolute Gasteiger partial charge is 0.121 e. The van der Waals surface area contributed by atoms with Crippen LogP contribution in [0.2, 0.25) is 0 Å². The van der Waals surface area contributed by atoms with Crippen molar-refractivity contribution >= 4 is 6.29 Å². The van der Waals surface area contributed by atoms with Gasteiger partial charge in [0.2, 0.25) is 0 Å². The molecule has 0 radical (unpaired) electrons. The van der Waals surface area contributed by atoms with Gasteiger partial charge in [0.05, 0.1) is 0 Å². The van der Waals surface area contributed by atoms with E-state index in [1.165, 1.54) is 11.1 Å². The molecule has 0 saturated carbocycles. The molecule has 2 heteroatoms. The monoisotopic (exact) mass is 231 g/mol. The predicted octanol–water partition coefficient (Wildman–Crippen LogP) is 2.66. The third-order valence-electron chi connectivity index (χ3n) is 3.43. The average molecular weight is 231 g/mol. The molecule has 0 saturated heterocycles. The highest BCUT2D eigenvalue weighted by molar-refractivity contribution is 5.51. The zero-order valence-corrected chi connectivity index (χ0v) is 10.7. The number of nitrogens with zero attached hydrogens (tertiary/aromatic N) is 1. The van der Waals surface area contributed by atoms with Crippen LogP contribution >= 0.6 is 0 Å². The first-order valence-corrected chi connectivity index (χ1v) is 6.45. The number of aldehydes is 1. The quantitative estimate of drug-likeness (QED) is 0.742. The summed E-state index contributed by atoms with van der Waals surface area (Å²) in [5.74, 6) is 0.648. The van der Waals surface area contributed by atoms with Gasteiger partial charge in [-0.2, -0.15) is 0 Å². The summed E-state index contributed by atoms with van der Waals surface area (Å²) in [6, 6.07) is 8.99. The van der Waals surface area contributed by atoms with Gasteiger partial charge in [-0.15, -0.1) is 0 Å². The standard InChI is InChI=1S/C15H21NO/c1-12(2)10-16-11-14-6-4-3-5-13(14)9-15(16)7-8-17/h3-6,8,12,15H,7,9-11H2,1-2H3/t15-/m1/s1. The van der Waals surface area contributed by atoms with Crippen molar-refractivity contribution in [3.05, 3.63) is 35.4 Å². The first kappa shape index (κ1) is 12.3. The maximum atomic E-state index is 10.8. The molecular weight excluding hydrogens is 210 g/mol. The van der Waals surface area contributed by atoms with Crippen LogP contribution in [0, 0.1) is 5.92 Å². The Morgan fingerprint density at radius 3 is 2.71 bits per heavy atom. The molecule has 0 fully saturated rings. The Bertz CT molecular complexity index is 386. The normalized spacial score (nSPS) is 20.3. The van der Waals surface area contributed by atoms with E-state index in [-0.39, 0.29) is 0 Å². The van der Waals surface area contributed by atoms with Crippen LogP contribution in [0.4, 0.5) is 0 Å². The van der Waals surface area contributed by atoms with E-state index in [2.05, 4.69) is 43.0 Å². The summed E-state index contributed by atoms with van der Waals surface area (Å²) >= 11 is 0. The molecule has 1 heterocycles. The van der Waals surface area contributed by atoms with Crippen LogP contribution in [-0.2, 0) is 17.8 Å². The van der Waals surface area contributed by atoms with Gasteiger partial charge < -0.3 is 4.79 Å². The number of carbonyl (C=O) groups is 1. The van der Waals surface area contributed by atoms with E-state index >= 15 is 0 Å². The lowest BCUT2D eigenvalue weighted by Crippen LogP contribution is -2.42. The van der Waals surface area contributed by atoms with E-state index in [4.69, 9.17) is 0 Å². The van der Waals surface area contributed by atoms with Gasteiger partial charge in [-0.25, -0.2) is 0 Å². The van der Waals surface area contributed by atoms with E-state index in [0.29, 0.717) is 18.4 Å². The van der Waals surface area contributed by atoms with Crippen molar-refractivity contribution in [2.24, 2.45) is 5.92 Å². The zero-order valence-electron chi connectivity index (χ0n) is 10.7. The van der Waals surface area contributed by atoms with E-state index in [1.54, 1.807) is 0 Å². The fourth-order valence-corrected chi connectivity index (χ4v) is 2.67. The van der Waals surface area contributed by atoms with Gasteiger partial charge in [0, 0.05) is 25.6 Å². The average Bonchev–Trinajstić information content (AvgIpc) is 2.29. The Kier molecular flexibility index (Phi) is 3.95. The van der Waals surface area contributed by atoms with Crippen molar-refractivity contribution in [1.82, 2.24) is 4.90 Å². The van der Waals surface area contributed by atoms with Crippen LogP contribution in [0.1, 0.15) is 31.4 Å². The van der Waals surface area contributed by atoms with Crippen molar-refractivity contribution in [3.8, 4) is 0 Å². The summed E-state index contributed by atoms with van der Waals surface area (Å²) in [5.41, 5.74) is 2.84. The summed E-state index contributed by atoms with van der Waals surface area (Å²) in [7, 11) is 0. The topological polar surface area (TPSA) is 20.3 Å². The van der Waals surface area contributed by atoms with Crippen molar-refractivity contribution in [3.63, 3.8) is 0 Å². The fraction of sp³-hybridized carbons (Fsp3) is 0.533. The maximum absolute atomic E-state index is 10.8. The second-order valence-electron chi connectivity index (χ2n) is 5.35. The third kappa shape index (κ3) is 2.95. The van der Waals surface area contributed by atoms with Gasteiger partial charge in [-0.05, 0) is 23.5 Å². The van der Waals surface area contributed by atoms with Crippen molar-refractivity contribution < 1.29 is 4.79 Å². The molecule has 0 amide bonds. The van der Waals surface area contributed by atoms with E-state index in [0.717, 1.165) is 25.8 Å². The molecule has 2 rings (SSSR count). The van der Waals surface area contributed by atoms with Crippen LogP contribution in [0.5, 0.6) is 0 Å². The summed E-state index contributed by atoms with van der Waals surface area (Å²) in [4.78, 5) is 13.2. The highest BCUT2D eigenvalue weighted by atomic mass is 16.1. The molecule has 1 aliphatic heterocycles. The highest BCUT2D eigenvalue weighted by Gasteiger charge is 2.25. The third-order valence-corrected chi connectivity index (χ3v) is 3.43. The van der Waals surface area contributed by atoms with Gasteiger partial charge >= 0.3 is 0 Å². The largest absolute Gasteiger partial charge is 0.303 e. The molecule has 92 valence electrons. The molecular formula is C15H21NO. The number of carbonyl (C=O) groups excluding carboxylic acids is 1. The number of benzene rings is 1. The molecule has 1 aromatic rings. The summed E-state index contributed by atoms with van der Waals surface area (Å²) < 4.78 is 0. The van der Waals surface area contributed by atoms with E-state index in [1.807, 2.05) is 0 Å². The van der Waals surface area contributed by atoms with Gasteiger partial charge in [-0.1, -0.05) is 38.1 Å². The van der Waals surface area contributed by atoms with Crippen LogP contribution in [0.25, 0.3) is 0 Å². The SMILES string of the molecule is CC(C)CN1Cc2ccccc2C[C@H]1CC=O. The Morgan fingerprint density at radius 2 is 2.06 bits per heavy atom. The molecule has 1 atom stereocenters. The van der Waals surface area contributed by atoms with E-state index < -0.39 is 0 Å². The van der Waals surface area contributed by atoms with Crippen LogP contribution in [0.3, 0.4) is 0 Å². The number of rotatable bonds is 4. The predicted molar refractivity (Wildman–Crippen MR) is 69.9 cm³/mol. The molecule has 2 nitrogen and oxygen atoms in total. The zero-order chi connectivity index (χ0) is 12.3. The second-order valence-corrected chi connectivity index (χ2v) is 5.35. The first-order valence-electron chi connectivity index (χ1n) is 6.45. The van der Waals surface area contributed by atoms with Crippen LogP contribution < -0.4 is 0 Å². The lowest BCUT2D eigenvalue weighted by molar-refractivity contribution is -0.109. The summed E-state index contributed by atoms with van der Waals surface area (Å²) in [6.07, 6.45) is 2.73. The second kappa shape index (κ2) is 5.46. The first-order chi connectivity index (χ1) is 8.20. The number of fused-ring (bicyclic) bond motifs is 1. The molecule has 1 aromatic carbocycles. The lowest BCUT2D eigenvalue weighted by atomic mass is 9.92. The molecule has 0 spiro atoms. The van der Waals surface area contributed by atoms with Gasteiger partial charge in [0.15, 0.2) is 0 Å². The minimum Gasteiger partial charge on any atom is -0.303 e. The molecule has 1 aliphatic rings. The van der Waals surface area contributed by atoms with Crippen molar-refractivity contribution in [2.45, 2.75) is 39.3 Å². The fourth-order valence-electron chi connectivity index (χ4n) is 2.67. The Balaban J connectivity index is 2.18. The minimum absolute atomic E-state index is 0.393. The molecule has 0 aliphatic carbocycles. The molecule has 0 N–H and O–H groups in total. The number of hydrogen-bond donors (Lipinski definition) is 0. The highest BCUT2D eigenvalue weighted by Crippen LogP contribution is 2.25. The molecule has 0 bridgehead atoms. The molecule has 0 unspecified atom stereocenters. The van der Waals surface area contributed by atoms with Crippen LogP contribution in [-0.4, -0.2) is 23.8 Å². The van der Waals surface area contributed by atoms with Crippen molar-refractivity contribution in [2.75, 3.05) is 6.54 Å². The van der Waals surface area contributed by atoms with Gasteiger partial charge in [-0.3, -0.25) is 4.90 Å². The maximum Gasteiger partial charge on any atom is 0.121 e. The molecule has 0 aromatic heterocycles. The number of hydrogen-bond acceptors (Lipinski definition) is 2. The Hall–Kier alpha value is -1.15. The van der Waals surface area contributed by atoms with Crippen LogP contribution in [0.15, 0.2) is 24.3 Å². The Labute approximate surface area is 104 Å². The van der Waals surface area contributed by atoms with Gasteiger partial charge in [0.1, 0.15) is 6.29 Å². The summed E-state index contributed by atoms with van der Waals surface area (Å²) in [5, 5.41) is 0. The minimum atomic E-state index is 0.393. The van der Waals surface area contributed by atoms with Gasteiger partial charge in [0.25, 0.3) is 0 Å². The van der Waals surface area contributed by atoms with E-state index in [9.17, 15) is 4.79 Å². The molecule has 17 heavy (non-hydrogen) atoms. The Morgan fingerprint density at radius 1 is 1.35 bits per heavy atom. The lowest BCUT2D eigenvalue weighted by Gasteiger charge is -2.37.